The zero-order valence-corrected chi connectivity index (χ0v) is 19.7. The average Bonchev–Trinajstić information content (AvgIpc) is 3.49. The van der Waals surface area contributed by atoms with E-state index in [1.54, 1.807) is 0 Å². The minimum absolute atomic E-state index is 0.0991. The van der Waals surface area contributed by atoms with Gasteiger partial charge in [0, 0.05) is 23.7 Å². The van der Waals surface area contributed by atoms with E-state index in [0.717, 1.165) is 28.4 Å². The van der Waals surface area contributed by atoms with Gasteiger partial charge in [-0.1, -0.05) is 59.8 Å². The second kappa shape index (κ2) is 10.2. The molecule has 9 heteroatoms. The van der Waals surface area contributed by atoms with Gasteiger partial charge in [0.25, 0.3) is 0 Å². The Balaban J connectivity index is 1.28. The van der Waals surface area contributed by atoms with E-state index in [9.17, 15) is 4.79 Å². The fraction of sp³-hybridized carbons (Fsp3) is 0.160. The van der Waals surface area contributed by atoms with Crippen molar-refractivity contribution in [1.82, 2.24) is 20.1 Å². The highest BCUT2D eigenvalue weighted by molar-refractivity contribution is 7.99. The molecule has 0 bridgehead atoms. The van der Waals surface area contributed by atoms with E-state index < -0.39 is 0 Å². The average molecular weight is 493 g/mol. The second-order valence-electron chi connectivity index (χ2n) is 7.63. The van der Waals surface area contributed by atoms with Crippen LogP contribution in [-0.4, -0.2) is 33.2 Å². The van der Waals surface area contributed by atoms with Crippen LogP contribution in [0.15, 0.2) is 78.0 Å². The molecule has 0 saturated heterocycles. The lowest BCUT2D eigenvalue weighted by Gasteiger charge is -2.11. The molecule has 7 nitrogen and oxygen atoms in total. The van der Waals surface area contributed by atoms with Crippen molar-refractivity contribution in [2.24, 2.45) is 0 Å². The van der Waals surface area contributed by atoms with Crippen molar-refractivity contribution in [2.45, 2.75) is 18.1 Å². The van der Waals surface area contributed by atoms with E-state index >= 15 is 0 Å². The molecule has 0 spiro atoms. The van der Waals surface area contributed by atoms with Gasteiger partial charge in [-0.15, -0.1) is 10.2 Å². The predicted molar refractivity (Wildman–Crippen MR) is 131 cm³/mol. The van der Waals surface area contributed by atoms with Crippen LogP contribution in [0, 0.1) is 0 Å². The third kappa shape index (κ3) is 5.18. The van der Waals surface area contributed by atoms with E-state index in [1.165, 1.54) is 11.8 Å². The third-order valence-corrected chi connectivity index (χ3v) is 6.43. The first kappa shape index (κ1) is 22.3. The number of benzene rings is 3. The maximum atomic E-state index is 12.6. The Morgan fingerprint density at radius 2 is 1.76 bits per heavy atom. The van der Waals surface area contributed by atoms with Crippen molar-refractivity contribution >= 4 is 29.3 Å². The molecule has 0 saturated carbocycles. The third-order valence-electron chi connectivity index (χ3n) is 5.25. The van der Waals surface area contributed by atoms with Crippen molar-refractivity contribution in [2.75, 3.05) is 12.5 Å². The first-order valence-electron chi connectivity index (χ1n) is 10.7. The van der Waals surface area contributed by atoms with Gasteiger partial charge in [0.15, 0.2) is 16.7 Å². The van der Waals surface area contributed by atoms with E-state index in [1.807, 2.05) is 65.2 Å². The molecule has 0 aliphatic carbocycles. The Morgan fingerprint density at radius 1 is 0.971 bits per heavy atom. The number of nitrogens with one attached hydrogen (secondary N) is 1. The summed E-state index contributed by atoms with van der Waals surface area (Å²) in [7, 11) is 0. The fourth-order valence-corrected chi connectivity index (χ4v) is 4.50. The van der Waals surface area contributed by atoms with Gasteiger partial charge in [0.1, 0.15) is 5.82 Å². The predicted octanol–water partition coefficient (Wildman–Crippen LogP) is 4.65. The Hall–Kier alpha value is -3.49. The first-order chi connectivity index (χ1) is 16.7. The normalized spacial score (nSPS) is 12.0. The van der Waals surface area contributed by atoms with Crippen LogP contribution in [0.5, 0.6) is 11.5 Å². The lowest BCUT2D eigenvalue weighted by molar-refractivity contribution is -0.118. The number of hydrogen-bond donors (Lipinski definition) is 1. The summed E-state index contributed by atoms with van der Waals surface area (Å²) < 4.78 is 12.7. The molecule has 3 aromatic carbocycles. The number of halogens is 1. The number of aromatic nitrogens is 3. The molecule has 1 aliphatic rings. The summed E-state index contributed by atoms with van der Waals surface area (Å²) in [6, 6.07) is 23.2. The maximum absolute atomic E-state index is 12.6. The Bertz CT molecular complexity index is 1300. The van der Waals surface area contributed by atoms with Crippen LogP contribution in [0.25, 0.3) is 5.69 Å². The van der Waals surface area contributed by atoms with Crippen LogP contribution in [0.3, 0.4) is 0 Å². The standard InChI is InChI=1S/C25H21ClN4O3S/c26-19-7-9-20(10-8-19)30-23(13-17-4-2-1-3-5-17)28-29-25(30)34-15-24(31)27-14-18-6-11-21-22(12-18)33-16-32-21/h1-12H,13-16H2,(H,27,31). The van der Waals surface area contributed by atoms with Gasteiger partial charge < -0.3 is 14.8 Å². The zero-order chi connectivity index (χ0) is 23.3. The van der Waals surface area contributed by atoms with Crippen LogP contribution in [0.2, 0.25) is 5.02 Å². The van der Waals surface area contributed by atoms with Gasteiger partial charge in [0.05, 0.1) is 5.75 Å². The number of nitrogens with zero attached hydrogens (tertiary/aromatic N) is 3. The number of amides is 1. The molecule has 0 fully saturated rings. The summed E-state index contributed by atoms with van der Waals surface area (Å²) in [6.07, 6.45) is 0.618. The van der Waals surface area contributed by atoms with Crippen molar-refractivity contribution < 1.29 is 14.3 Å². The molecule has 1 aromatic heterocycles. The zero-order valence-electron chi connectivity index (χ0n) is 18.1. The molecule has 34 heavy (non-hydrogen) atoms. The van der Waals surface area contributed by atoms with E-state index in [0.29, 0.717) is 28.9 Å². The topological polar surface area (TPSA) is 78.3 Å². The number of carbonyl (C=O) groups is 1. The molecule has 1 N–H and O–H groups in total. The summed E-state index contributed by atoms with van der Waals surface area (Å²) in [5.74, 6) is 2.32. The van der Waals surface area contributed by atoms with E-state index in [2.05, 4.69) is 27.6 Å². The Morgan fingerprint density at radius 3 is 2.59 bits per heavy atom. The lowest BCUT2D eigenvalue weighted by Crippen LogP contribution is -2.24. The molecule has 2 heterocycles. The molecule has 0 atom stereocenters. The first-order valence-corrected chi connectivity index (χ1v) is 12.0. The number of hydrogen-bond acceptors (Lipinski definition) is 6. The monoisotopic (exact) mass is 492 g/mol. The molecule has 1 amide bonds. The van der Waals surface area contributed by atoms with Gasteiger partial charge in [-0.05, 0) is 47.5 Å². The number of ether oxygens (including phenoxy) is 2. The molecular formula is C25H21ClN4O3S. The highest BCUT2D eigenvalue weighted by Crippen LogP contribution is 2.32. The van der Waals surface area contributed by atoms with Crippen LogP contribution in [-0.2, 0) is 17.8 Å². The van der Waals surface area contributed by atoms with Crippen molar-refractivity contribution in [3.63, 3.8) is 0 Å². The number of fused-ring (bicyclic) bond motifs is 1. The lowest BCUT2D eigenvalue weighted by atomic mass is 10.1. The SMILES string of the molecule is O=C(CSc1nnc(Cc2ccccc2)n1-c1ccc(Cl)cc1)NCc1ccc2c(c1)OCO2. The van der Waals surface area contributed by atoms with E-state index in [-0.39, 0.29) is 18.5 Å². The molecule has 5 rings (SSSR count). The van der Waals surface area contributed by atoms with Gasteiger partial charge in [0.2, 0.25) is 12.7 Å². The minimum Gasteiger partial charge on any atom is -0.454 e. The highest BCUT2D eigenvalue weighted by atomic mass is 35.5. The Labute approximate surface area is 206 Å². The molecule has 172 valence electrons. The minimum atomic E-state index is -0.0991. The highest BCUT2D eigenvalue weighted by Gasteiger charge is 2.17. The van der Waals surface area contributed by atoms with Crippen LogP contribution in [0.4, 0.5) is 0 Å². The van der Waals surface area contributed by atoms with Gasteiger partial charge in [-0.25, -0.2) is 0 Å². The maximum Gasteiger partial charge on any atom is 0.231 e. The number of carbonyl (C=O) groups excluding carboxylic acids is 1. The smallest absolute Gasteiger partial charge is 0.231 e. The largest absolute Gasteiger partial charge is 0.454 e. The summed E-state index contributed by atoms with van der Waals surface area (Å²) in [6.45, 7) is 0.627. The van der Waals surface area contributed by atoms with Gasteiger partial charge in [-0.2, -0.15) is 0 Å². The van der Waals surface area contributed by atoms with Crippen molar-refractivity contribution in [1.29, 1.82) is 0 Å². The summed E-state index contributed by atoms with van der Waals surface area (Å²) >= 11 is 7.43. The molecule has 4 aromatic rings. The molecular weight excluding hydrogens is 472 g/mol. The summed E-state index contributed by atoms with van der Waals surface area (Å²) in [4.78, 5) is 12.6. The van der Waals surface area contributed by atoms with Crippen LogP contribution in [0.1, 0.15) is 17.0 Å². The molecule has 1 aliphatic heterocycles. The Kier molecular flexibility index (Phi) is 6.69. The van der Waals surface area contributed by atoms with Crippen molar-refractivity contribution in [3.05, 3.63) is 94.8 Å². The molecule has 0 radical (unpaired) electrons. The van der Waals surface area contributed by atoms with E-state index in [4.69, 9.17) is 21.1 Å². The van der Waals surface area contributed by atoms with Crippen molar-refractivity contribution in [3.8, 4) is 17.2 Å². The van der Waals surface area contributed by atoms with Crippen LogP contribution < -0.4 is 14.8 Å². The summed E-state index contributed by atoms with van der Waals surface area (Å²) in [5, 5.41) is 13.0. The fourth-order valence-electron chi connectivity index (χ4n) is 3.57. The number of thioether (sulfide) groups is 1. The van der Waals surface area contributed by atoms with Crippen LogP contribution >= 0.6 is 23.4 Å². The van der Waals surface area contributed by atoms with Gasteiger partial charge in [-0.3, -0.25) is 9.36 Å². The second-order valence-corrected chi connectivity index (χ2v) is 9.00. The molecule has 0 unspecified atom stereocenters. The quantitative estimate of drug-likeness (QED) is 0.361. The summed E-state index contributed by atoms with van der Waals surface area (Å²) in [5.41, 5.74) is 2.96. The van der Waals surface area contributed by atoms with Gasteiger partial charge >= 0.3 is 0 Å². The number of rotatable bonds is 8.